The molecule has 1 aromatic rings. The number of ether oxygens (including phenoxy) is 2. The number of aliphatic hydroxyl groups excluding tert-OH is 1. The molecule has 4 heteroatoms. The third-order valence-corrected chi connectivity index (χ3v) is 6.34. The van der Waals surface area contributed by atoms with E-state index in [1.54, 1.807) is 0 Å². The van der Waals surface area contributed by atoms with Crippen molar-refractivity contribution >= 4 is 5.97 Å². The van der Waals surface area contributed by atoms with Crippen molar-refractivity contribution in [1.82, 2.24) is 0 Å². The summed E-state index contributed by atoms with van der Waals surface area (Å²) in [6.45, 7) is 9.19. The molecule has 0 spiro atoms. The topological polar surface area (TPSA) is 55.8 Å². The van der Waals surface area contributed by atoms with Crippen molar-refractivity contribution < 1.29 is 19.4 Å². The predicted molar refractivity (Wildman–Crippen MR) is 105 cm³/mol. The largest absolute Gasteiger partial charge is 0.435 e. The molecule has 1 aromatic carbocycles. The fourth-order valence-corrected chi connectivity index (χ4v) is 4.35. The highest BCUT2D eigenvalue weighted by Crippen LogP contribution is 2.46. The average Bonchev–Trinajstić information content (AvgIpc) is 2.65. The van der Waals surface area contributed by atoms with Crippen LogP contribution in [0.25, 0.3) is 0 Å². The Balaban J connectivity index is 1.81. The molecule has 0 amide bonds. The summed E-state index contributed by atoms with van der Waals surface area (Å²) in [7, 11) is 0. The Hall–Kier alpha value is -1.65. The fourth-order valence-electron chi connectivity index (χ4n) is 4.35. The van der Waals surface area contributed by atoms with Crippen LogP contribution in [0.5, 0.6) is 0 Å². The Bertz CT molecular complexity index is 652. The van der Waals surface area contributed by atoms with Crippen molar-refractivity contribution in [2.75, 3.05) is 0 Å². The molecule has 2 fully saturated rings. The minimum atomic E-state index is -0.660. The van der Waals surface area contributed by atoms with Crippen molar-refractivity contribution in [3.05, 3.63) is 48.0 Å². The lowest BCUT2D eigenvalue weighted by Gasteiger charge is -2.42. The van der Waals surface area contributed by atoms with Gasteiger partial charge in [-0.3, -0.25) is 4.79 Å². The second-order valence-electron chi connectivity index (χ2n) is 8.78. The van der Waals surface area contributed by atoms with Gasteiger partial charge in [-0.05, 0) is 49.0 Å². The smallest absolute Gasteiger partial charge is 0.310 e. The number of hydrogen-bond acceptors (Lipinski definition) is 4. The summed E-state index contributed by atoms with van der Waals surface area (Å²) >= 11 is 0. The highest BCUT2D eigenvalue weighted by atomic mass is 16.7. The lowest BCUT2D eigenvalue weighted by molar-refractivity contribution is -0.196. The van der Waals surface area contributed by atoms with Crippen LogP contribution in [0.2, 0.25) is 0 Å². The zero-order valence-electron chi connectivity index (χ0n) is 16.5. The van der Waals surface area contributed by atoms with Crippen molar-refractivity contribution in [3.8, 4) is 0 Å². The summed E-state index contributed by atoms with van der Waals surface area (Å²) in [6, 6.07) is 9.90. The van der Waals surface area contributed by atoms with Crippen molar-refractivity contribution in [3.63, 3.8) is 0 Å². The van der Waals surface area contributed by atoms with Gasteiger partial charge in [0.15, 0.2) is 0 Å². The number of hydrogen-bond donors (Lipinski definition) is 1. The molecule has 4 atom stereocenters. The molecule has 0 radical (unpaired) electrons. The van der Waals surface area contributed by atoms with Gasteiger partial charge in [0, 0.05) is 5.92 Å². The molecule has 4 unspecified atom stereocenters. The summed E-state index contributed by atoms with van der Waals surface area (Å²) < 4.78 is 11.8. The molecule has 2 bridgehead atoms. The van der Waals surface area contributed by atoms with Gasteiger partial charge >= 0.3 is 5.97 Å². The molecule has 2 aliphatic rings. The van der Waals surface area contributed by atoms with Crippen molar-refractivity contribution in [2.45, 2.75) is 71.4 Å². The first-order chi connectivity index (χ1) is 12.8. The quantitative estimate of drug-likeness (QED) is 0.621. The molecule has 0 aromatic heterocycles. The highest BCUT2D eigenvalue weighted by molar-refractivity contribution is 5.70. The fraction of sp³-hybridized carbons (Fsp3) is 0.609. The summed E-state index contributed by atoms with van der Waals surface area (Å²) in [4.78, 5) is 12.4. The average molecular weight is 373 g/mol. The molecule has 1 heterocycles. The number of rotatable bonds is 3. The summed E-state index contributed by atoms with van der Waals surface area (Å²) in [6.07, 6.45) is 3.18. The van der Waals surface area contributed by atoms with E-state index in [4.69, 9.17) is 9.47 Å². The monoisotopic (exact) mass is 372 g/mol. The van der Waals surface area contributed by atoms with Gasteiger partial charge < -0.3 is 14.6 Å². The number of carbonyl (C=O) groups excluding carboxylic acids is 1. The van der Waals surface area contributed by atoms with E-state index < -0.39 is 18.4 Å². The minimum absolute atomic E-state index is 0.00549. The van der Waals surface area contributed by atoms with E-state index in [1.807, 2.05) is 30.3 Å². The number of benzene rings is 1. The van der Waals surface area contributed by atoms with Crippen molar-refractivity contribution in [1.29, 1.82) is 0 Å². The van der Waals surface area contributed by atoms with Gasteiger partial charge in [0.25, 0.3) is 0 Å². The van der Waals surface area contributed by atoms with Crippen LogP contribution in [-0.4, -0.2) is 23.5 Å². The highest BCUT2D eigenvalue weighted by Gasteiger charge is 2.40. The molecule has 1 N–H and O–H groups in total. The maximum Gasteiger partial charge on any atom is 0.310 e. The second kappa shape index (κ2) is 8.57. The van der Waals surface area contributed by atoms with Crippen LogP contribution in [0.1, 0.15) is 57.9 Å². The van der Waals surface area contributed by atoms with Crippen LogP contribution >= 0.6 is 0 Å². The van der Waals surface area contributed by atoms with Crippen LogP contribution in [0.15, 0.2) is 42.5 Å². The number of esters is 1. The van der Waals surface area contributed by atoms with Crippen LogP contribution in [0.4, 0.5) is 0 Å². The predicted octanol–water partition coefficient (Wildman–Crippen LogP) is 4.62. The first-order valence-electron chi connectivity index (χ1n) is 10.1. The van der Waals surface area contributed by atoms with E-state index in [1.165, 1.54) is 0 Å². The zero-order chi connectivity index (χ0) is 19.4. The van der Waals surface area contributed by atoms with E-state index in [0.29, 0.717) is 18.9 Å². The number of fused-ring (bicyclic) bond motifs is 2. The number of cyclic esters (lactones) is 1. The van der Waals surface area contributed by atoms with E-state index in [9.17, 15) is 9.90 Å². The summed E-state index contributed by atoms with van der Waals surface area (Å²) in [5.41, 5.74) is 2.26. The van der Waals surface area contributed by atoms with Crippen molar-refractivity contribution in [2.24, 2.45) is 17.3 Å². The molecule has 1 aliphatic heterocycles. The van der Waals surface area contributed by atoms with E-state index >= 15 is 0 Å². The molecule has 3 rings (SSSR count). The van der Waals surface area contributed by atoms with Crippen LogP contribution < -0.4 is 0 Å². The second-order valence-corrected chi connectivity index (χ2v) is 8.78. The van der Waals surface area contributed by atoms with Crippen LogP contribution in [-0.2, 0) is 20.9 Å². The molecule has 148 valence electrons. The Labute approximate surface area is 162 Å². The van der Waals surface area contributed by atoms with Gasteiger partial charge in [0.05, 0.1) is 19.1 Å². The molecule has 27 heavy (non-hydrogen) atoms. The number of aliphatic hydroxyl groups is 1. The summed E-state index contributed by atoms with van der Waals surface area (Å²) in [5.74, 6) is 0.112. The van der Waals surface area contributed by atoms with Gasteiger partial charge in [0.2, 0.25) is 6.29 Å². The molecular weight excluding hydrogens is 340 g/mol. The molecule has 1 saturated carbocycles. The first-order valence-corrected chi connectivity index (χ1v) is 10.1. The SMILES string of the molecule is C=C1CCC2CC1C(OCc1ccccc1)OC(=O)CC(O)CCC2(C)C. The zero-order valence-corrected chi connectivity index (χ0v) is 16.5. The van der Waals surface area contributed by atoms with Gasteiger partial charge in [0.1, 0.15) is 0 Å². The standard InChI is InChI=1S/C23H32O4/c1-16-9-10-18-13-20(16)22(26-15-17-7-5-4-6-8-17)27-21(25)14-19(24)11-12-23(18,2)3/h4-8,18-20,22,24H,1,9-15H2,2-3H3. The molecule has 4 nitrogen and oxygen atoms in total. The Morgan fingerprint density at radius 2 is 2.00 bits per heavy atom. The van der Waals surface area contributed by atoms with E-state index in [-0.39, 0.29) is 17.8 Å². The lowest BCUT2D eigenvalue weighted by Crippen LogP contribution is -2.37. The normalized spacial score (nSPS) is 31.7. The maximum atomic E-state index is 12.4. The minimum Gasteiger partial charge on any atom is -0.435 e. The third kappa shape index (κ3) is 5.20. The van der Waals surface area contributed by atoms with E-state index in [2.05, 4.69) is 20.4 Å². The van der Waals surface area contributed by atoms with Crippen LogP contribution in [0, 0.1) is 17.3 Å². The van der Waals surface area contributed by atoms with Gasteiger partial charge in [-0.15, -0.1) is 0 Å². The molecular formula is C23H32O4. The van der Waals surface area contributed by atoms with E-state index in [0.717, 1.165) is 36.8 Å². The third-order valence-electron chi connectivity index (χ3n) is 6.34. The van der Waals surface area contributed by atoms with Crippen LogP contribution in [0.3, 0.4) is 0 Å². The van der Waals surface area contributed by atoms with Gasteiger partial charge in [-0.25, -0.2) is 0 Å². The van der Waals surface area contributed by atoms with Gasteiger partial charge in [-0.1, -0.05) is 56.3 Å². The molecule has 1 saturated heterocycles. The first kappa shape index (κ1) is 20.1. The molecule has 1 aliphatic carbocycles. The Morgan fingerprint density at radius 1 is 1.26 bits per heavy atom. The Kier molecular flexibility index (Phi) is 6.38. The van der Waals surface area contributed by atoms with Gasteiger partial charge in [-0.2, -0.15) is 0 Å². The Morgan fingerprint density at radius 3 is 2.74 bits per heavy atom. The number of carbonyl (C=O) groups is 1. The maximum absolute atomic E-state index is 12.4. The lowest BCUT2D eigenvalue weighted by atomic mass is 9.65. The summed E-state index contributed by atoms with van der Waals surface area (Å²) in [5, 5.41) is 10.3.